The first-order chi connectivity index (χ1) is 16.4. The first-order valence-electron chi connectivity index (χ1n) is 10.4. The number of anilines is 1. The van der Waals surface area contributed by atoms with E-state index in [9.17, 15) is 31.1 Å². The van der Waals surface area contributed by atoms with Crippen molar-refractivity contribution in [3.8, 4) is 0 Å². The zero-order chi connectivity index (χ0) is 25.4. The molecule has 2 heterocycles. The molecular formula is C22H18ClF6N3O2S. The number of fused-ring (bicyclic) bond motifs is 1. The third-order valence-corrected chi connectivity index (χ3v) is 6.76. The maximum absolute atomic E-state index is 13.4. The van der Waals surface area contributed by atoms with Crippen LogP contribution in [0.5, 0.6) is 0 Å². The standard InChI is InChI=1S/C22H18ClF6N3O2S/c23-16-2-1-3-17-18(16)30-20(35-17)32(5-4-31-6-8-34-9-7-31)19(33)13-10-14(21(24,25)26)12-15(11-13)22(27,28)29/h1-3,10-12H,4-9H2. The Balaban J connectivity index is 1.75. The van der Waals surface area contributed by atoms with Crippen LogP contribution in [0.4, 0.5) is 31.5 Å². The number of carbonyl (C=O) groups excluding carboxylic acids is 1. The van der Waals surface area contributed by atoms with Crippen LogP contribution in [-0.4, -0.2) is 55.2 Å². The quantitative estimate of drug-likeness (QED) is 0.376. The number of carbonyl (C=O) groups is 1. The van der Waals surface area contributed by atoms with Gasteiger partial charge in [0, 0.05) is 31.7 Å². The summed E-state index contributed by atoms with van der Waals surface area (Å²) >= 11 is 7.25. The van der Waals surface area contributed by atoms with Crippen LogP contribution < -0.4 is 4.90 Å². The highest BCUT2D eigenvalue weighted by molar-refractivity contribution is 7.22. The van der Waals surface area contributed by atoms with Crippen LogP contribution >= 0.6 is 22.9 Å². The van der Waals surface area contributed by atoms with Gasteiger partial charge in [-0.25, -0.2) is 4.98 Å². The molecule has 0 atom stereocenters. The van der Waals surface area contributed by atoms with Crippen LogP contribution in [-0.2, 0) is 17.1 Å². The van der Waals surface area contributed by atoms with Crippen molar-refractivity contribution in [3.63, 3.8) is 0 Å². The molecule has 2 aromatic carbocycles. The number of halogens is 7. The van der Waals surface area contributed by atoms with E-state index in [0.29, 0.717) is 60.2 Å². The highest BCUT2D eigenvalue weighted by Gasteiger charge is 2.38. The van der Waals surface area contributed by atoms with Crippen LogP contribution in [0, 0.1) is 0 Å². The number of ether oxygens (including phenoxy) is 1. The van der Waals surface area contributed by atoms with Crippen molar-refractivity contribution in [2.75, 3.05) is 44.3 Å². The van der Waals surface area contributed by atoms with E-state index in [1.807, 2.05) is 4.90 Å². The van der Waals surface area contributed by atoms with Crippen LogP contribution in [0.2, 0.25) is 5.02 Å². The summed E-state index contributed by atoms with van der Waals surface area (Å²) in [7, 11) is 0. The number of aromatic nitrogens is 1. The Hall–Kier alpha value is -2.41. The molecule has 1 aliphatic heterocycles. The van der Waals surface area contributed by atoms with E-state index in [2.05, 4.69) is 4.98 Å². The first-order valence-corrected chi connectivity index (χ1v) is 11.6. The number of amides is 1. The summed E-state index contributed by atoms with van der Waals surface area (Å²) in [5, 5.41) is 0.432. The third kappa shape index (κ3) is 5.88. The average Bonchev–Trinajstić information content (AvgIpc) is 3.24. The van der Waals surface area contributed by atoms with Crippen LogP contribution in [0.15, 0.2) is 36.4 Å². The van der Waals surface area contributed by atoms with E-state index in [1.165, 1.54) is 0 Å². The van der Waals surface area contributed by atoms with Gasteiger partial charge in [-0.15, -0.1) is 0 Å². The number of hydrogen-bond donors (Lipinski definition) is 0. The number of morpholine rings is 1. The van der Waals surface area contributed by atoms with Crippen molar-refractivity contribution in [1.82, 2.24) is 9.88 Å². The number of para-hydroxylation sites is 1. The number of thiazole rings is 1. The van der Waals surface area contributed by atoms with Gasteiger partial charge < -0.3 is 4.74 Å². The summed E-state index contributed by atoms with van der Waals surface area (Å²) in [4.78, 5) is 20.9. The Kier molecular flexibility index (Phi) is 7.28. The molecule has 1 fully saturated rings. The lowest BCUT2D eigenvalue weighted by atomic mass is 10.0. The second-order valence-corrected chi connectivity index (χ2v) is 9.20. The van der Waals surface area contributed by atoms with E-state index in [4.69, 9.17) is 16.3 Å². The Morgan fingerprint density at radius 2 is 1.69 bits per heavy atom. The molecule has 0 spiro atoms. The van der Waals surface area contributed by atoms with Gasteiger partial charge in [-0.05, 0) is 30.3 Å². The Morgan fingerprint density at radius 1 is 1.06 bits per heavy atom. The molecule has 0 aliphatic carbocycles. The summed E-state index contributed by atoms with van der Waals surface area (Å²) in [5.41, 5.74) is -3.47. The topological polar surface area (TPSA) is 45.7 Å². The lowest BCUT2D eigenvalue weighted by molar-refractivity contribution is -0.143. The maximum atomic E-state index is 13.4. The number of alkyl halides is 6. The molecule has 1 amide bonds. The molecule has 13 heteroatoms. The normalized spacial score (nSPS) is 15.5. The minimum Gasteiger partial charge on any atom is -0.379 e. The molecule has 1 aliphatic rings. The molecule has 0 radical (unpaired) electrons. The SMILES string of the molecule is O=C(c1cc(C(F)(F)F)cc(C(F)(F)F)c1)N(CCN1CCOCC1)c1nc2c(Cl)cccc2s1. The molecule has 188 valence electrons. The fourth-order valence-electron chi connectivity index (χ4n) is 3.60. The monoisotopic (exact) mass is 537 g/mol. The summed E-state index contributed by atoms with van der Waals surface area (Å²) in [6, 6.07) is 5.83. The van der Waals surface area contributed by atoms with Gasteiger partial charge in [0.2, 0.25) is 0 Å². The zero-order valence-electron chi connectivity index (χ0n) is 17.9. The van der Waals surface area contributed by atoms with Crippen molar-refractivity contribution >= 4 is 44.2 Å². The van der Waals surface area contributed by atoms with E-state index < -0.39 is 35.0 Å². The third-order valence-electron chi connectivity index (χ3n) is 5.41. The smallest absolute Gasteiger partial charge is 0.379 e. The van der Waals surface area contributed by atoms with Gasteiger partial charge in [0.1, 0.15) is 5.52 Å². The van der Waals surface area contributed by atoms with E-state index >= 15 is 0 Å². The lowest BCUT2D eigenvalue weighted by Gasteiger charge is -2.29. The van der Waals surface area contributed by atoms with Crippen LogP contribution in [0.1, 0.15) is 21.5 Å². The molecule has 0 N–H and O–H groups in total. The van der Waals surface area contributed by atoms with Crippen molar-refractivity contribution < 1.29 is 35.9 Å². The zero-order valence-corrected chi connectivity index (χ0v) is 19.5. The average molecular weight is 538 g/mol. The van der Waals surface area contributed by atoms with Crippen molar-refractivity contribution in [1.29, 1.82) is 0 Å². The number of nitrogens with zero attached hydrogens (tertiary/aromatic N) is 3. The molecular weight excluding hydrogens is 520 g/mol. The fraction of sp³-hybridized carbons (Fsp3) is 0.364. The number of rotatable bonds is 5. The largest absolute Gasteiger partial charge is 0.416 e. The van der Waals surface area contributed by atoms with Crippen LogP contribution in [0.3, 0.4) is 0 Å². The Morgan fingerprint density at radius 3 is 2.26 bits per heavy atom. The highest BCUT2D eigenvalue weighted by Crippen LogP contribution is 2.38. The minimum absolute atomic E-state index is 0.00608. The van der Waals surface area contributed by atoms with E-state index in [-0.39, 0.29) is 17.7 Å². The van der Waals surface area contributed by atoms with Crippen LogP contribution in [0.25, 0.3) is 10.2 Å². The second kappa shape index (κ2) is 9.92. The molecule has 0 bridgehead atoms. The van der Waals surface area contributed by atoms with Gasteiger partial charge >= 0.3 is 12.4 Å². The van der Waals surface area contributed by atoms with Crippen molar-refractivity contribution in [2.24, 2.45) is 0 Å². The summed E-state index contributed by atoms with van der Waals surface area (Å²) in [5.74, 6) is -1.02. The summed E-state index contributed by atoms with van der Waals surface area (Å²) in [6.07, 6.45) is -10.1. The number of hydrogen-bond acceptors (Lipinski definition) is 5. The predicted molar refractivity (Wildman–Crippen MR) is 120 cm³/mol. The van der Waals surface area contributed by atoms with Gasteiger partial charge in [0.05, 0.1) is 34.1 Å². The molecule has 3 aromatic rings. The molecule has 0 unspecified atom stereocenters. The maximum Gasteiger partial charge on any atom is 0.416 e. The minimum atomic E-state index is -5.07. The lowest BCUT2D eigenvalue weighted by Crippen LogP contribution is -2.43. The molecule has 5 nitrogen and oxygen atoms in total. The molecule has 4 rings (SSSR count). The summed E-state index contributed by atoms with van der Waals surface area (Å²) in [6.45, 7) is 2.43. The molecule has 1 aromatic heterocycles. The molecule has 0 saturated carbocycles. The molecule has 1 saturated heterocycles. The van der Waals surface area contributed by atoms with Crippen molar-refractivity contribution in [3.05, 3.63) is 58.1 Å². The van der Waals surface area contributed by atoms with Gasteiger partial charge in [-0.2, -0.15) is 26.3 Å². The molecule has 35 heavy (non-hydrogen) atoms. The summed E-state index contributed by atoms with van der Waals surface area (Å²) < 4.78 is 86.1. The predicted octanol–water partition coefficient (Wildman–Crippen LogP) is 5.97. The first kappa shape index (κ1) is 25.7. The van der Waals surface area contributed by atoms with Gasteiger partial charge in [-0.3, -0.25) is 14.6 Å². The second-order valence-electron chi connectivity index (χ2n) is 7.79. The van der Waals surface area contributed by atoms with E-state index in [0.717, 1.165) is 16.2 Å². The Bertz CT molecular complexity index is 1190. The fourth-order valence-corrected chi connectivity index (χ4v) is 4.89. The van der Waals surface area contributed by atoms with Gasteiger partial charge in [0.25, 0.3) is 5.91 Å². The highest BCUT2D eigenvalue weighted by atomic mass is 35.5. The van der Waals surface area contributed by atoms with E-state index in [1.54, 1.807) is 18.2 Å². The van der Waals surface area contributed by atoms with Gasteiger partial charge in [0.15, 0.2) is 5.13 Å². The van der Waals surface area contributed by atoms with Gasteiger partial charge in [-0.1, -0.05) is 29.0 Å². The number of benzene rings is 2. The van der Waals surface area contributed by atoms with Crippen molar-refractivity contribution in [2.45, 2.75) is 12.4 Å². The Labute approximate surface area is 204 Å².